The van der Waals surface area contributed by atoms with Crippen molar-refractivity contribution in [3.05, 3.63) is 22.9 Å². The van der Waals surface area contributed by atoms with E-state index in [0.29, 0.717) is 0 Å². The molecule has 0 aliphatic rings. The molecule has 0 aliphatic carbocycles. The molecule has 0 saturated carbocycles. The standard InChI is InChI=1S/C6H7NO3/c1-3-4-5(8)7(2)6(9)10-4/h3,8H,1H2,2H3. The van der Waals surface area contributed by atoms with Gasteiger partial charge >= 0.3 is 5.76 Å². The Hall–Kier alpha value is -1.45. The molecule has 0 spiro atoms. The third-order valence-corrected chi connectivity index (χ3v) is 1.19. The Morgan fingerprint density at radius 1 is 1.80 bits per heavy atom. The van der Waals surface area contributed by atoms with Crippen molar-refractivity contribution < 1.29 is 9.52 Å². The predicted molar refractivity (Wildman–Crippen MR) is 35.7 cm³/mol. The molecule has 10 heavy (non-hydrogen) atoms. The summed E-state index contributed by atoms with van der Waals surface area (Å²) in [6, 6.07) is 0. The molecule has 0 saturated heterocycles. The fourth-order valence-corrected chi connectivity index (χ4v) is 0.593. The number of hydrogen-bond donors (Lipinski definition) is 1. The first-order chi connectivity index (χ1) is 4.66. The lowest BCUT2D eigenvalue weighted by molar-refractivity contribution is 0.427. The van der Waals surface area contributed by atoms with Gasteiger partial charge in [0, 0.05) is 7.05 Å². The van der Waals surface area contributed by atoms with Crippen LogP contribution < -0.4 is 5.76 Å². The third-order valence-electron chi connectivity index (χ3n) is 1.19. The van der Waals surface area contributed by atoms with E-state index >= 15 is 0 Å². The summed E-state index contributed by atoms with van der Waals surface area (Å²) in [4.78, 5) is 10.6. The van der Waals surface area contributed by atoms with Crippen molar-refractivity contribution in [1.82, 2.24) is 4.57 Å². The van der Waals surface area contributed by atoms with Gasteiger partial charge in [-0.05, 0) is 6.08 Å². The molecular formula is C6H7NO3. The van der Waals surface area contributed by atoms with Crippen molar-refractivity contribution >= 4 is 6.08 Å². The summed E-state index contributed by atoms with van der Waals surface area (Å²) in [6.45, 7) is 3.34. The predicted octanol–water partition coefficient (Wildman–Crippen LogP) is 0.327. The van der Waals surface area contributed by atoms with E-state index in [0.717, 1.165) is 4.57 Å². The minimum atomic E-state index is -0.590. The first-order valence-electron chi connectivity index (χ1n) is 2.68. The highest BCUT2D eigenvalue weighted by atomic mass is 16.4. The molecule has 4 nitrogen and oxygen atoms in total. The van der Waals surface area contributed by atoms with Gasteiger partial charge in [0.05, 0.1) is 0 Å². The minimum Gasteiger partial charge on any atom is -0.492 e. The van der Waals surface area contributed by atoms with Crippen LogP contribution in [0.4, 0.5) is 0 Å². The van der Waals surface area contributed by atoms with Gasteiger partial charge < -0.3 is 9.52 Å². The molecule has 0 bridgehead atoms. The van der Waals surface area contributed by atoms with E-state index in [9.17, 15) is 4.79 Å². The van der Waals surface area contributed by atoms with Crippen molar-refractivity contribution in [2.45, 2.75) is 0 Å². The van der Waals surface area contributed by atoms with E-state index in [-0.39, 0.29) is 11.6 Å². The Bertz CT molecular complexity index is 307. The molecule has 1 N–H and O–H groups in total. The van der Waals surface area contributed by atoms with Crippen molar-refractivity contribution in [2.24, 2.45) is 7.05 Å². The SMILES string of the molecule is C=Cc1oc(=O)n(C)c1O. The number of rotatable bonds is 1. The van der Waals surface area contributed by atoms with Crippen LogP contribution in [-0.4, -0.2) is 9.67 Å². The first-order valence-corrected chi connectivity index (χ1v) is 2.68. The Balaban J connectivity index is 3.45. The Kier molecular flexibility index (Phi) is 1.37. The number of hydrogen-bond acceptors (Lipinski definition) is 3. The minimum absolute atomic E-state index is 0.104. The number of oxazole rings is 1. The van der Waals surface area contributed by atoms with E-state index in [2.05, 4.69) is 11.0 Å². The average Bonchev–Trinajstić information content (AvgIpc) is 2.17. The summed E-state index contributed by atoms with van der Waals surface area (Å²) in [7, 11) is 1.41. The van der Waals surface area contributed by atoms with E-state index in [4.69, 9.17) is 5.11 Å². The maximum atomic E-state index is 10.6. The molecule has 1 rings (SSSR count). The molecule has 0 fully saturated rings. The fraction of sp³-hybridized carbons (Fsp3) is 0.167. The summed E-state index contributed by atoms with van der Waals surface area (Å²) in [5.74, 6) is -0.681. The van der Waals surface area contributed by atoms with E-state index < -0.39 is 5.76 Å². The lowest BCUT2D eigenvalue weighted by atomic mass is 10.5. The molecule has 4 heteroatoms. The monoisotopic (exact) mass is 141 g/mol. The van der Waals surface area contributed by atoms with Crippen LogP contribution in [0.3, 0.4) is 0 Å². The largest absolute Gasteiger partial charge is 0.492 e. The lowest BCUT2D eigenvalue weighted by Gasteiger charge is -1.86. The molecule has 1 aromatic rings. The van der Waals surface area contributed by atoms with Crippen molar-refractivity contribution in [2.75, 3.05) is 0 Å². The maximum absolute atomic E-state index is 10.6. The number of aromatic hydroxyl groups is 1. The fourth-order valence-electron chi connectivity index (χ4n) is 0.593. The highest BCUT2D eigenvalue weighted by Crippen LogP contribution is 2.13. The van der Waals surface area contributed by atoms with Crippen LogP contribution in [0, 0.1) is 0 Å². The second-order valence-electron chi connectivity index (χ2n) is 1.82. The smallest absolute Gasteiger partial charge is 0.422 e. The molecule has 0 unspecified atom stereocenters. The van der Waals surface area contributed by atoms with E-state index in [1.54, 1.807) is 0 Å². The van der Waals surface area contributed by atoms with Gasteiger partial charge in [-0.25, -0.2) is 9.36 Å². The van der Waals surface area contributed by atoms with Gasteiger partial charge in [0.1, 0.15) is 0 Å². The molecule has 0 radical (unpaired) electrons. The van der Waals surface area contributed by atoms with Gasteiger partial charge in [-0.15, -0.1) is 0 Å². The van der Waals surface area contributed by atoms with Crippen molar-refractivity contribution in [1.29, 1.82) is 0 Å². The van der Waals surface area contributed by atoms with Crippen LogP contribution in [-0.2, 0) is 7.05 Å². The van der Waals surface area contributed by atoms with Crippen LogP contribution in [0.5, 0.6) is 5.88 Å². The molecule has 0 aliphatic heterocycles. The summed E-state index contributed by atoms with van der Waals surface area (Å²) in [6.07, 6.45) is 1.27. The van der Waals surface area contributed by atoms with Gasteiger partial charge in [-0.1, -0.05) is 6.58 Å². The molecule has 0 atom stereocenters. The lowest BCUT2D eigenvalue weighted by Crippen LogP contribution is -2.07. The molecule has 54 valence electrons. The summed E-state index contributed by atoms with van der Waals surface area (Å²) in [5, 5.41) is 9.02. The maximum Gasteiger partial charge on any atom is 0.422 e. The zero-order valence-electron chi connectivity index (χ0n) is 5.50. The van der Waals surface area contributed by atoms with Gasteiger partial charge in [0.25, 0.3) is 0 Å². The number of aromatic nitrogens is 1. The summed E-state index contributed by atoms with van der Waals surface area (Å²) < 4.78 is 5.53. The van der Waals surface area contributed by atoms with E-state index in [1.807, 2.05) is 0 Å². The topological polar surface area (TPSA) is 55.4 Å². The highest BCUT2D eigenvalue weighted by molar-refractivity contribution is 5.45. The molecule has 0 aromatic carbocycles. The quantitative estimate of drug-likeness (QED) is 0.613. The van der Waals surface area contributed by atoms with E-state index in [1.165, 1.54) is 13.1 Å². The van der Waals surface area contributed by atoms with Crippen LogP contribution in [0.25, 0.3) is 6.08 Å². The molecule has 1 heterocycles. The summed E-state index contributed by atoms with van der Waals surface area (Å²) in [5.41, 5.74) is 0. The Morgan fingerprint density at radius 3 is 2.60 bits per heavy atom. The van der Waals surface area contributed by atoms with Crippen LogP contribution >= 0.6 is 0 Å². The average molecular weight is 141 g/mol. The second kappa shape index (κ2) is 2.06. The van der Waals surface area contributed by atoms with Gasteiger partial charge in [0.15, 0.2) is 5.76 Å². The summed E-state index contributed by atoms with van der Waals surface area (Å²) >= 11 is 0. The van der Waals surface area contributed by atoms with Gasteiger partial charge in [-0.3, -0.25) is 0 Å². The third kappa shape index (κ3) is 0.737. The highest BCUT2D eigenvalue weighted by Gasteiger charge is 2.07. The molecule has 0 amide bonds. The van der Waals surface area contributed by atoms with Crippen LogP contribution in [0.15, 0.2) is 15.8 Å². The van der Waals surface area contributed by atoms with Gasteiger partial charge in [0.2, 0.25) is 5.88 Å². The van der Waals surface area contributed by atoms with Gasteiger partial charge in [-0.2, -0.15) is 0 Å². The van der Waals surface area contributed by atoms with Crippen LogP contribution in [0.1, 0.15) is 5.76 Å². The Morgan fingerprint density at radius 2 is 2.40 bits per heavy atom. The van der Waals surface area contributed by atoms with Crippen molar-refractivity contribution in [3.63, 3.8) is 0 Å². The van der Waals surface area contributed by atoms with Crippen LogP contribution in [0.2, 0.25) is 0 Å². The molecule has 1 aromatic heterocycles. The zero-order chi connectivity index (χ0) is 7.72. The zero-order valence-corrected chi connectivity index (χ0v) is 5.50. The first kappa shape index (κ1) is 6.67. The number of nitrogens with zero attached hydrogens (tertiary/aromatic N) is 1. The molecular weight excluding hydrogens is 134 g/mol. The van der Waals surface area contributed by atoms with Crippen molar-refractivity contribution in [3.8, 4) is 5.88 Å². The normalized spacial score (nSPS) is 9.70. The second-order valence-corrected chi connectivity index (χ2v) is 1.82. The Labute approximate surface area is 57.0 Å².